The van der Waals surface area contributed by atoms with Crippen LogP contribution in [0.5, 0.6) is 0 Å². The Bertz CT molecular complexity index is 1110. The third-order valence-electron chi connectivity index (χ3n) is 4.96. The summed E-state index contributed by atoms with van der Waals surface area (Å²) in [6.45, 7) is 0. The number of ether oxygens (including phenoxy) is 1. The van der Waals surface area contributed by atoms with Crippen LogP contribution in [0.1, 0.15) is 21.5 Å². The summed E-state index contributed by atoms with van der Waals surface area (Å²) in [6.07, 6.45) is -4.52. The number of alkyl halides is 3. The molecule has 0 fully saturated rings. The average molecular weight is 385 g/mol. The molecule has 1 aliphatic heterocycles. The van der Waals surface area contributed by atoms with E-state index >= 15 is 0 Å². The van der Waals surface area contributed by atoms with Gasteiger partial charge in [0, 0.05) is 10.9 Å². The van der Waals surface area contributed by atoms with Gasteiger partial charge in [0.2, 0.25) is 11.3 Å². The molecule has 4 rings (SSSR count). The minimum atomic E-state index is -4.52. The molecule has 1 atom stereocenters. The highest BCUT2D eigenvalue weighted by atomic mass is 19.4. The quantitative estimate of drug-likeness (QED) is 0.520. The Morgan fingerprint density at radius 1 is 1.00 bits per heavy atom. The van der Waals surface area contributed by atoms with E-state index in [-0.39, 0.29) is 11.1 Å². The first-order valence-corrected chi connectivity index (χ1v) is 8.40. The second kappa shape index (κ2) is 6.09. The van der Waals surface area contributed by atoms with Crippen molar-refractivity contribution in [1.29, 1.82) is 0 Å². The van der Waals surface area contributed by atoms with Gasteiger partial charge in [0.25, 0.3) is 0 Å². The summed E-state index contributed by atoms with van der Waals surface area (Å²) in [4.78, 5) is 26.0. The fourth-order valence-corrected chi connectivity index (χ4v) is 3.57. The lowest BCUT2D eigenvalue weighted by atomic mass is 9.85. The number of methoxy groups -OCH3 is 1. The first kappa shape index (κ1) is 18.0. The number of hydrogen-bond acceptors (Lipinski definition) is 4. The third-order valence-corrected chi connectivity index (χ3v) is 4.96. The van der Waals surface area contributed by atoms with Gasteiger partial charge in [-0.3, -0.25) is 4.79 Å². The van der Waals surface area contributed by atoms with Crippen molar-refractivity contribution >= 4 is 28.2 Å². The van der Waals surface area contributed by atoms with Gasteiger partial charge >= 0.3 is 12.1 Å². The largest absolute Gasteiger partial charge is 0.467 e. The second-order valence-electron chi connectivity index (χ2n) is 6.48. The maximum Gasteiger partial charge on any atom is 0.416 e. The Morgan fingerprint density at radius 2 is 1.68 bits per heavy atom. The molecular formula is C21H14F3NO3. The number of benzene rings is 3. The molecule has 1 N–H and O–H groups in total. The number of ketones is 1. The van der Waals surface area contributed by atoms with Crippen LogP contribution in [-0.2, 0) is 21.2 Å². The number of hydrogen-bond donors (Lipinski definition) is 1. The number of esters is 1. The summed E-state index contributed by atoms with van der Waals surface area (Å²) >= 11 is 0. The number of anilines is 1. The number of rotatable bonds is 2. The lowest BCUT2D eigenvalue weighted by Crippen LogP contribution is -2.47. The fraction of sp³-hybridized carbons (Fsp3) is 0.143. The molecule has 142 valence electrons. The molecule has 0 amide bonds. The zero-order valence-corrected chi connectivity index (χ0v) is 14.6. The Balaban J connectivity index is 1.91. The van der Waals surface area contributed by atoms with Gasteiger partial charge in [-0.25, -0.2) is 4.79 Å². The van der Waals surface area contributed by atoms with Crippen LogP contribution in [-0.4, -0.2) is 18.9 Å². The van der Waals surface area contributed by atoms with Gasteiger partial charge in [0.05, 0.1) is 18.4 Å². The summed E-state index contributed by atoms with van der Waals surface area (Å²) in [6, 6.07) is 14.6. The standard InChI is InChI=1S/C21H14F3NO3/c1-28-19(27)20(13-7-9-14(10-8-13)21(22,23)24)18(26)16-11-6-12-4-2-3-5-15(12)17(16)25-20/h2-11,25H,1H3/t20-/m1/s1. The van der Waals surface area contributed by atoms with Crippen LogP contribution in [0.15, 0.2) is 60.7 Å². The number of carbonyl (C=O) groups excluding carboxylic acids is 2. The van der Waals surface area contributed by atoms with Crippen LogP contribution >= 0.6 is 0 Å². The molecule has 0 radical (unpaired) electrons. The predicted molar refractivity (Wildman–Crippen MR) is 97.0 cm³/mol. The van der Waals surface area contributed by atoms with Crippen molar-refractivity contribution in [3.8, 4) is 0 Å². The van der Waals surface area contributed by atoms with Gasteiger partial charge in [-0.05, 0) is 29.1 Å². The van der Waals surface area contributed by atoms with Crippen LogP contribution in [0.25, 0.3) is 10.8 Å². The van der Waals surface area contributed by atoms with E-state index in [1.54, 1.807) is 24.3 Å². The monoisotopic (exact) mass is 385 g/mol. The van der Waals surface area contributed by atoms with E-state index in [0.29, 0.717) is 5.69 Å². The Morgan fingerprint density at radius 3 is 2.32 bits per heavy atom. The van der Waals surface area contributed by atoms with E-state index in [4.69, 9.17) is 4.74 Å². The highest BCUT2D eigenvalue weighted by Crippen LogP contribution is 2.44. The van der Waals surface area contributed by atoms with Crippen molar-refractivity contribution in [1.82, 2.24) is 0 Å². The van der Waals surface area contributed by atoms with Crippen LogP contribution in [0, 0.1) is 0 Å². The van der Waals surface area contributed by atoms with Gasteiger partial charge in [-0.1, -0.05) is 42.5 Å². The van der Waals surface area contributed by atoms with E-state index in [9.17, 15) is 22.8 Å². The third kappa shape index (κ3) is 2.46. The highest BCUT2D eigenvalue weighted by molar-refractivity contribution is 6.27. The molecule has 4 nitrogen and oxygen atoms in total. The Hall–Kier alpha value is -3.35. The molecule has 0 aliphatic carbocycles. The number of halogens is 3. The van der Waals surface area contributed by atoms with E-state index in [2.05, 4.69) is 5.32 Å². The van der Waals surface area contributed by atoms with E-state index < -0.39 is 29.0 Å². The Kier molecular flexibility index (Phi) is 3.92. The summed E-state index contributed by atoms with van der Waals surface area (Å²) < 4.78 is 43.6. The van der Waals surface area contributed by atoms with E-state index in [0.717, 1.165) is 42.1 Å². The van der Waals surface area contributed by atoms with Crippen molar-refractivity contribution in [2.24, 2.45) is 0 Å². The second-order valence-corrected chi connectivity index (χ2v) is 6.48. The maximum absolute atomic E-state index is 13.3. The smallest absolute Gasteiger partial charge is 0.416 e. The van der Waals surface area contributed by atoms with Crippen LogP contribution < -0.4 is 5.32 Å². The molecule has 1 heterocycles. The maximum atomic E-state index is 13.3. The number of Topliss-reactive ketones (excluding diaryl/α,β-unsaturated/α-hetero) is 1. The van der Waals surface area contributed by atoms with Gasteiger partial charge in [0.1, 0.15) is 0 Å². The molecule has 1 aliphatic rings. The van der Waals surface area contributed by atoms with E-state index in [1.165, 1.54) is 0 Å². The lowest BCUT2D eigenvalue weighted by Gasteiger charge is -2.26. The van der Waals surface area contributed by atoms with E-state index in [1.807, 2.05) is 12.1 Å². The van der Waals surface area contributed by atoms with Crippen molar-refractivity contribution in [3.63, 3.8) is 0 Å². The summed E-state index contributed by atoms with van der Waals surface area (Å²) in [5.74, 6) is -1.46. The normalized spacial score (nSPS) is 18.6. The van der Waals surface area contributed by atoms with Crippen molar-refractivity contribution in [2.75, 3.05) is 12.4 Å². The summed E-state index contributed by atoms with van der Waals surface area (Å²) in [5.41, 5.74) is -1.99. The van der Waals surface area contributed by atoms with Gasteiger partial charge < -0.3 is 10.1 Å². The fourth-order valence-electron chi connectivity index (χ4n) is 3.57. The summed E-state index contributed by atoms with van der Waals surface area (Å²) in [5, 5.41) is 4.54. The van der Waals surface area contributed by atoms with Crippen molar-refractivity contribution < 1.29 is 27.5 Å². The molecule has 0 saturated heterocycles. The van der Waals surface area contributed by atoms with Crippen LogP contribution in [0.2, 0.25) is 0 Å². The van der Waals surface area contributed by atoms with Gasteiger partial charge in [-0.15, -0.1) is 0 Å². The predicted octanol–water partition coefficient (Wildman–Crippen LogP) is 4.54. The molecule has 3 aromatic carbocycles. The molecule has 28 heavy (non-hydrogen) atoms. The van der Waals surface area contributed by atoms with Crippen molar-refractivity contribution in [2.45, 2.75) is 11.7 Å². The zero-order chi connectivity index (χ0) is 20.1. The first-order chi connectivity index (χ1) is 13.3. The molecule has 0 bridgehead atoms. The number of carbonyl (C=O) groups is 2. The minimum absolute atomic E-state index is 0.0811. The molecule has 3 aromatic rings. The van der Waals surface area contributed by atoms with Crippen LogP contribution in [0.4, 0.5) is 18.9 Å². The van der Waals surface area contributed by atoms with Gasteiger partial charge in [0.15, 0.2) is 0 Å². The highest BCUT2D eigenvalue weighted by Gasteiger charge is 2.54. The molecule has 7 heteroatoms. The topological polar surface area (TPSA) is 55.4 Å². The van der Waals surface area contributed by atoms with Crippen LogP contribution in [0.3, 0.4) is 0 Å². The molecule has 0 unspecified atom stereocenters. The van der Waals surface area contributed by atoms with Gasteiger partial charge in [-0.2, -0.15) is 13.2 Å². The minimum Gasteiger partial charge on any atom is -0.467 e. The van der Waals surface area contributed by atoms with Crippen molar-refractivity contribution in [3.05, 3.63) is 77.4 Å². The molecular weight excluding hydrogens is 371 g/mol. The lowest BCUT2D eigenvalue weighted by molar-refractivity contribution is -0.144. The first-order valence-electron chi connectivity index (χ1n) is 8.40. The number of fused-ring (bicyclic) bond motifs is 3. The zero-order valence-electron chi connectivity index (χ0n) is 14.6. The Labute approximate surface area is 157 Å². The molecule has 0 aromatic heterocycles. The molecule has 0 spiro atoms. The SMILES string of the molecule is COC(=O)[C@]1(c2ccc(C(F)(F)F)cc2)Nc2c(ccc3ccccc23)C1=O. The summed E-state index contributed by atoms with van der Waals surface area (Å²) in [7, 11) is 1.13. The number of nitrogens with one attached hydrogen (secondary N) is 1. The molecule has 0 saturated carbocycles. The average Bonchev–Trinajstić information content (AvgIpc) is 3.01.